The third-order valence-corrected chi connectivity index (χ3v) is 4.51. The Balaban J connectivity index is 2.22. The molecule has 0 saturated heterocycles. The van der Waals surface area contributed by atoms with E-state index in [0.717, 1.165) is 5.56 Å². The first-order valence-electron chi connectivity index (χ1n) is 7.96. The number of benzene rings is 2. The Morgan fingerprint density at radius 2 is 1.96 bits per heavy atom. The highest BCUT2D eigenvalue weighted by atomic mass is 35.5. The SMILES string of the molecule is COc1ccc2c(c1)C(c1ccc(Cl)cc1)=N[C@@H]([C@@H](C)C(=O)O)C(=O)N2. The summed E-state index contributed by atoms with van der Waals surface area (Å²) in [5.74, 6) is -1.93. The summed E-state index contributed by atoms with van der Waals surface area (Å²) in [5, 5.41) is 12.7. The maximum absolute atomic E-state index is 12.6. The normalized spacial score (nSPS) is 17.4. The van der Waals surface area contributed by atoms with Gasteiger partial charge in [0.25, 0.3) is 0 Å². The number of carbonyl (C=O) groups excluding carboxylic acids is 1. The molecule has 0 fully saturated rings. The van der Waals surface area contributed by atoms with Crippen LogP contribution in [0, 0.1) is 5.92 Å². The number of halogens is 1. The molecule has 2 aromatic rings. The lowest BCUT2D eigenvalue weighted by atomic mass is 9.99. The quantitative estimate of drug-likeness (QED) is 0.862. The summed E-state index contributed by atoms with van der Waals surface area (Å²) in [6.07, 6.45) is 0. The molecular weight excluding hydrogens is 356 g/mol. The molecule has 6 nitrogen and oxygen atoms in total. The Morgan fingerprint density at radius 3 is 2.58 bits per heavy atom. The molecule has 1 heterocycles. The molecule has 0 unspecified atom stereocenters. The number of benzodiazepines with no additional fused rings is 1. The van der Waals surface area contributed by atoms with Gasteiger partial charge in [0.05, 0.1) is 24.4 Å². The molecule has 7 heteroatoms. The number of ether oxygens (including phenoxy) is 1. The van der Waals surface area contributed by atoms with Gasteiger partial charge in [0.1, 0.15) is 11.8 Å². The van der Waals surface area contributed by atoms with Crippen LogP contribution in [-0.2, 0) is 9.59 Å². The van der Waals surface area contributed by atoms with Crippen molar-refractivity contribution in [1.82, 2.24) is 0 Å². The molecule has 134 valence electrons. The minimum absolute atomic E-state index is 0.463. The van der Waals surface area contributed by atoms with Gasteiger partial charge in [-0.3, -0.25) is 14.6 Å². The molecule has 1 aliphatic rings. The van der Waals surface area contributed by atoms with E-state index in [1.54, 1.807) is 49.6 Å². The van der Waals surface area contributed by atoms with Gasteiger partial charge < -0.3 is 15.2 Å². The molecule has 3 rings (SSSR count). The number of nitrogens with one attached hydrogen (secondary N) is 1. The van der Waals surface area contributed by atoms with Crippen molar-refractivity contribution < 1.29 is 19.4 Å². The van der Waals surface area contributed by atoms with Crippen LogP contribution in [0.15, 0.2) is 47.5 Å². The summed E-state index contributed by atoms with van der Waals surface area (Å²) >= 11 is 5.97. The van der Waals surface area contributed by atoms with Crippen molar-refractivity contribution in [1.29, 1.82) is 0 Å². The maximum Gasteiger partial charge on any atom is 0.308 e. The van der Waals surface area contributed by atoms with Crippen molar-refractivity contribution >= 4 is 34.9 Å². The largest absolute Gasteiger partial charge is 0.497 e. The Labute approximate surface area is 155 Å². The van der Waals surface area contributed by atoms with Gasteiger partial charge in [-0.05, 0) is 37.3 Å². The van der Waals surface area contributed by atoms with Crippen LogP contribution in [0.2, 0.25) is 5.02 Å². The molecule has 0 spiro atoms. The summed E-state index contributed by atoms with van der Waals surface area (Å²) in [6.45, 7) is 1.46. The number of carbonyl (C=O) groups is 2. The van der Waals surface area contributed by atoms with Crippen LogP contribution >= 0.6 is 11.6 Å². The summed E-state index contributed by atoms with van der Waals surface area (Å²) in [6, 6.07) is 11.1. The number of aliphatic carboxylic acids is 1. The lowest BCUT2D eigenvalue weighted by molar-refractivity contribution is -0.143. The number of anilines is 1. The molecule has 0 saturated carbocycles. The fraction of sp³-hybridized carbons (Fsp3) is 0.211. The van der Waals surface area contributed by atoms with Crippen molar-refractivity contribution in [3.8, 4) is 5.75 Å². The standard InChI is InChI=1S/C19H17ClN2O4/c1-10(19(24)25)16-18(23)21-15-8-7-13(26-2)9-14(15)17(22-16)11-3-5-12(20)6-4-11/h3-10,16H,1-2H3,(H,21,23)(H,24,25)/t10-,16+/m1/s1. The number of hydrogen-bond acceptors (Lipinski definition) is 4. The second kappa shape index (κ2) is 7.17. The van der Waals surface area contributed by atoms with Gasteiger partial charge in [0.15, 0.2) is 0 Å². The molecule has 1 amide bonds. The maximum atomic E-state index is 12.6. The van der Waals surface area contributed by atoms with E-state index < -0.39 is 23.8 Å². The van der Waals surface area contributed by atoms with E-state index in [1.807, 2.05) is 0 Å². The molecule has 2 atom stereocenters. The number of aliphatic imine (C=N–C) groups is 1. The molecule has 2 N–H and O–H groups in total. The first-order chi connectivity index (χ1) is 12.4. The number of hydrogen-bond donors (Lipinski definition) is 2. The summed E-state index contributed by atoms with van der Waals surface area (Å²) in [4.78, 5) is 28.5. The first-order valence-corrected chi connectivity index (χ1v) is 8.34. The van der Waals surface area contributed by atoms with E-state index in [0.29, 0.717) is 27.7 Å². The highest BCUT2D eigenvalue weighted by Gasteiger charge is 2.33. The topological polar surface area (TPSA) is 88.0 Å². The van der Waals surface area contributed by atoms with E-state index in [1.165, 1.54) is 6.92 Å². The molecule has 0 aliphatic carbocycles. The third kappa shape index (κ3) is 3.41. The van der Waals surface area contributed by atoms with Crippen LogP contribution in [0.5, 0.6) is 5.75 Å². The van der Waals surface area contributed by atoms with Crippen LogP contribution in [0.1, 0.15) is 18.1 Å². The molecular formula is C19H17ClN2O4. The summed E-state index contributed by atoms with van der Waals surface area (Å²) < 4.78 is 5.28. The van der Waals surface area contributed by atoms with Crippen molar-refractivity contribution in [3.63, 3.8) is 0 Å². The van der Waals surface area contributed by atoms with Gasteiger partial charge in [-0.15, -0.1) is 0 Å². The lowest BCUT2D eigenvalue weighted by Crippen LogP contribution is -2.35. The van der Waals surface area contributed by atoms with Crippen molar-refractivity contribution in [2.24, 2.45) is 10.9 Å². The van der Waals surface area contributed by atoms with Crippen molar-refractivity contribution in [2.75, 3.05) is 12.4 Å². The van der Waals surface area contributed by atoms with Crippen LogP contribution < -0.4 is 10.1 Å². The Morgan fingerprint density at radius 1 is 1.27 bits per heavy atom. The van der Waals surface area contributed by atoms with E-state index in [-0.39, 0.29) is 0 Å². The van der Waals surface area contributed by atoms with Crippen LogP contribution in [0.3, 0.4) is 0 Å². The fourth-order valence-electron chi connectivity index (χ4n) is 2.74. The van der Waals surface area contributed by atoms with Crippen LogP contribution in [0.25, 0.3) is 0 Å². The Hall–Kier alpha value is -2.86. The number of nitrogens with zero attached hydrogens (tertiary/aromatic N) is 1. The first kappa shape index (κ1) is 17.9. The second-order valence-electron chi connectivity index (χ2n) is 5.96. The molecule has 0 radical (unpaired) electrons. The zero-order chi connectivity index (χ0) is 18.8. The zero-order valence-electron chi connectivity index (χ0n) is 14.2. The molecule has 2 aromatic carbocycles. The predicted octanol–water partition coefficient (Wildman–Crippen LogP) is 3.23. The molecule has 0 bridgehead atoms. The van der Waals surface area contributed by atoms with E-state index in [2.05, 4.69) is 10.3 Å². The summed E-state index contributed by atoms with van der Waals surface area (Å²) in [7, 11) is 1.55. The number of fused-ring (bicyclic) bond motifs is 1. The summed E-state index contributed by atoms with van der Waals surface area (Å²) in [5.41, 5.74) is 2.43. The van der Waals surface area contributed by atoms with Gasteiger partial charge in [-0.1, -0.05) is 23.7 Å². The van der Waals surface area contributed by atoms with E-state index >= 15 is 0 Å². The van der Waals surface area contributed by atoms with Crippen LogP contribution in [0.4, 0.5) is 5.69 Å². The lowest BCUT2D eigenvalue weighted by Gasteiger charge is -2.15. The number of carboxylic acid groups (broad SMARTS) is 1. The number of rotatable bonds is 4. The van der Waals surface area contributed by atoms with Gasteiger partial charge in [-0.25, -0.2) is 0 Å². The number of methoxy groups -OCH3 is 1. The van der Waals surface area contributed by atoms with Crippen LogP contribution in [-0.4, -0.2) is 35.8 Å². The Kier molecular flexibility index (Phi) is 4.95. The smallest absolute Gasteiger partial charge is 0.308 e. The van der Waals surface area contributed by atoms with Gasteiger partial charge >= 0.3 is 5.97 Å². The van der Waals surface area contributed by atoms with Crippen molar-refractivity contribution in [2.45, 2.75) is 13.0 Å². The minimum Gasteiger partial charge on any atom is -0.497 e. The highest BCUT2D eigenvalue weighted by Crippen LogP contribution is 2.30. The highest BCUT2D eigenvalue weighted by molar-refractivity contribution is 6.30. The number of amides is 1. The molecule has 26 heavy (non-hydrogen) atoms. The van der Waals surface area contributed by atoms with E-state index in [4.69, 9.17) is 16.3 Å². The van der Waals surface area contributed by atoms with Crippen molar-refractivity contribution in [3.05, 3.63) is 58.6 Å². The average Bonchev–Trinajstić information content (AvgIpc) is 2.77. The second-order valence-corrected chi connectivity index (χ2v) is 6.39. The van der Waals surface area contributed by atoms with Gasteiger partial charge in [-0.2, -0.15) is 0 Å². The zero-order valence-corrected chi connectivity index (χ0v) is 14.9. The van der Waals surface area contributed by atoms with Gasteiger partial charge in [0, 0.05) is 16.1 Å². The predicted molar refractivity (Wildman–Crippen MR) is 99.3 cm³/mol. The number of carboxylic acids is 1. The van der Waals surface area contributed by atoms with Gasteiger partial charge in [0.2, 0.25) is 5.91 Å². The third-order valence-electron chi connectivity index (χ3n) is 4.26. The molecule has 1 aliphatic heterocycles. The molecule has 0 aromatic heterocycles. The minimum atomic E-state index is -1.09. The monoisotopic (exact) mass is 372 g/mol. The van der Waals surface area contributed by atoms with E-state index in [9.17, 15) is 14.7 Å². The average molecular weight is 373 g/mol. The fourth-order valence-corrected chi connectivity index (χ4v) is 2.87. The Bertz CT molecular complexity index is 893.